The number of rotatable bonds is 4. The number of amides is 2. The smallest absolute Gasteiger partial charge is 0.263 e. The SMILES string of the molecule is CC(=O)N(Cc1ccsc1)C1CC12CCN(C(=O)c1cccs1)CC2. The van der Waals surface area contributed by atoms with E-state index in [-0.39, 0.29) is 17.2 Å². The lowest BCUT2D eigenvalue weighted by Gasteiger charge is -2.34. The van der Waals surface area contributed by atoms with Gasteiger partial charge in [0.25, 0.3) is 5.91 Å². The van der Waals surface area contributed by atoms with Gasteiger partial charge < -0.3 is 9.80 Å². The molecular weight excluding hydrogens is 352 g/mol. The van der Waals surface area contributed by atoms with E-state index in [0.717, 1.165) is 37.2 Å². The molecule has 0 bridgehead atoms. The highest BCUT2D eigenvalue weighted by Gasteiger charge is 2.58. The molecule has 0 aromatic carbocycles. The number of thiophene rings is 2. The fourth-order valence-electron chi connectivity index (χ4n) is 4.04. The lowest BCUT2D eigenvalue weighted by Crippen LogP contribution is -2.42. The molecule has 2 aromatic heterocycles. The fourth-order valence-corrected chi connectivity index (χ4v) is 5.39. The molecule has 4 rings (SSSR count). The van der Waals surface area contributed by atoms with Gasteiger partial charge in [0.2, 0.25) is 5.91 Å². The zero-order chi connectivity index (χ0) is 17.4. The first-order chi connectivity index (χ1) is 12.1. The molecule has 6 heteroatoms. The van der Waals surface area contributed by atoms with Crippen molar-refractivity contribution in [3.63, 3.8) is 0 Å². The van der Waals surface area contributed by atoms with E-state index in [1.54, 1.807) is 18.3 Å². The first kappa shape index (κ1) is 16.8. The van der Waals surface area contributed by atoms with Crippen LogP contribution in [0, 0.1) is 5.41 Å². The van der Waals surface area contributed by atoms with E-state index >= 15 is 0 Å². The van der Waals surface area contributed by atoms with E-state index in [1.165, 1.54) is 16.9 Å². The summed E-state index contributed by atoms with van der Waals surface area (Å²) in [6, 6.07) is 6.26. The van der Waals surface area contributed by atoms with Gasteiger partial charge >= 0.3 is 0 Å². The molecular formula is C19H22N2O2S2. The van der Waals surface area contributed by atoms with E-state index in [0.29, 0.717) is 12.6 Å². The Morgan fingerprint density at radius 3 is 2.68 bits per heavy atom. The van der Waals surface area contributed by atoms with Gasteiger partial charge in [-0.3, -0.25) is 9.59 Å². The van der Waals surface area contributed by atoms with Crippen LogP contribution in [0.3, 0.4) is 0 Å². The maximum atomic E-state index is 12.5. The quantitative estimate of drug-likeness (QED) is 0.815. The van der Waals surface area contributed by atoms with Crippen molar-refractivity contribution >= 4 is 34.5 Å². The van der Waals surface area contributed by atoms with Gasteiger partial charge in [-0.2, -0.15) is 11.3 Å². The average Bonchev–Trinajstić information content (AvgIpc) is 3.07. The van der Waals surface area contributed by atoms with Crippen LogP contribution in [-0.4, -0.2) is 40.7 Å². The van der Waals surface area contributed by atoms with Crippen LogP contribution >= 0.6 is 22.7 Å². The van der Waals surface area contributed by atoms with E-state index in [2.05, 4.69) is 16.8 Å². The van der Waals surface area contributed by atoms with Crippen molar-refractivity contribution in [2.24, 2.45) is 5.41 Å². The van der Waals surface area contributed by atoms with Gasteiger partial charge in [0.15, 0.2) is 0 Å². The Labute approximate surface area is 156 Å². The Kier molecular flexibility index (Phi) is 4.41. The van der Waals surface area contributed by atoms with E-state index in [9.17, 15) is 9.59 Å². The standard InChI is InChI=1S/C19H22N2O2S2/c1-14(22)21(12-15-4-10-24-13-15)17-11-19(17)5-7-20(8-6-19)18(23)16-3-2-9-25-16/h2-4,9-10,13,17H,5-8,11-12H2,1H3. The zero-order valence-electron chi connectivity index (χ0n) is 14.3. The van der Waals surface area contributed by atoms with Crippen molar-refractivity contribution < 1.29 is 9.59 Å². The molecule has 0 radical (unpaired) electrons. The summed E-state index contributed by atoms with van der Waals surface area (Å²) in [5.41, 5.74) is 1.45. The molecule has 1 aliphatic heterocycles. The van der Waals surface area contributed by atoms with Gasteiger partial charge in [0, 0.05) is 32.6 Å². The number of nitrogens with zero attached hydrogens (tertiary/aromatic N) is 2. The lowest BCUT2D eigenvalue weighted by molar-refractivity contribution is -0.130. The molecule has 25 heavy (non-hydrogen) atoms. The normalized spacial score (nSPS) is 21.3. The van der Waals surface area contributed by atoms with Gasteiger partial charge in [-0.1, -0.05) is 6.07 Å². The van der Waals surface area contributed by atoms with Crippen LogP contribution in [-0.2, 0) is 11.3 Å². The van der Waals surface area contributed by atoms with Gasteiger partial charge in [-0.15, -0.1) is 11.3 Å². The Morgan fingerprint density at radius 1 is 1.28 bits per heavy atom. The molecule has 2 aromatic rings. The van der Waals surface area contributed by atoms with E-state index in [4.69, 9.17) is 0 Å². The van der Waals surface area contributed by atoms with Crippen LogP contribution in [0.2, 0.25) is 0 Å². The highest BCUT2D eigenvalue weighted by molar-refractivity contribution is 7.12. The highest BCUT2D eigenvalue weighted by Crippen LogP contribution is 2.57. The van der Waals surface area contributed by atoms with Crippen LogP contribution in [0.25, 0.3) is 0 Å². The molecule has 1 saturated heterocycles. The minimum Gasteiger partial charge on any atom is -0.338 e. The molecule has 2 amide bonds. The summed E-state index contributed by atoms with van der Waals surface area (Å²) in [7, 11) is 0. The van der Waals surface area contributed by atoms with Crippen LogP contribution in [0.5, 0.6) is 0 Å². The summed E-state index contributed by atoms with van der Waals surface area (Å²) in [5.74, 6) is 0.314. The van der Waals surface area contributed by atoms with Crippen LogP contribution in [0.1, 0.15) is 41.4 Å². The van der Waals surface area contributed by atoms with Crippen molar-refractivity contribution in [2.45, 2.75) is 38.8 Å². The summed E-state index contributed by atoms with van der Waals surface area (Å²) in [6.07, 6.45) is 3.09. The Hall–Kier alpha value is -1.66. The minimum atomic E-state index is 0.156. The minimum absolute atomic E-state index is 0.156. The maximum absolute atomic E-state index is 12.5. The Bertz CT molecular complexity index is 747. The van der Waals surface area contributed by atoms with Crippen LogP contribution in [0.15, 0.2) is 34.3 Å². The zero-order valence-corrected chi connectivity index (χ0v) is 15.9. The predicted molar refractivity (Wildman–Crippen MR) is 101 cm³/mol. The second-order valence-electron chi connectivity index (χ2n) is 7.13. The van der Waals surface area contributed by atoms with Crippen molar-refractivity contribution in [1.29, 1.82) is 0 Å². The summed E-state index contributed by atoms with van der Waals surface area (Å²) >= 11 is 3.18. The third kappa shape index (κ3) is 3.25. The maximum Gasteiger partial charge on any atom is 0.263 e. The molecule has 2 aliphatic rings. The van der Waals surface area contributed by atoms with Crippen molar-refractivity contribution in [1.82, 2.24) is 9.80 Å². The van der Waals surface area contributed by atoms with Gasteiger partial charge in [0.1, 0.15) is 0 Å². The Morgan fingerprint density at radius 2 is 2.08 bits per heavy atom. The number of hydrogen-bond donors (Lipinski definition) is 0. The second-order valence-corrected chi connectivity index (χ2v) is 8.86. The monoisotopic (exact) mass is 374 g/mol. The molecule has 1 unspecified atom stereocenters. The summed E-state index contributed by atoms with van der Waals surface area (Å²) in [6.45, 7) is 3.99. The average molecular weight is 375 g/mol. The Balaban J connectivity index is 1.38. The first-order valence-electron chi connectivity index (χ1n) is 8.70. The fraction of sp³-hybridized carbons (Fsp3) is 0.474. The lowest BCUT2D eigenvalue weighted by atomic mass is 9.92. The predicted octanol–water partition coefficient (Wildman–Crippen LogP) is 3.85. The molecule has 2 fully saturated rings. The molecule has 1 saturated carbocycles. The largest absolute Gasteiger partial charge is 0.338 e. The third-order valence-corrected chi connectivity index (χ3v) is 7.23. The molecule has 3 heterocycles. The van der Waals surface area contributed by atoms with E-state index in [1.807, 2.05) is 27.3 Å². The highest BCUT2D eigenvalue weighted by atomic mass is 32.1. The van der Waals surface area contributed by atoms with Gasteiger partial charge in [0.05, 0.1) is 4.88 Å². The molecule has 1 aliphatic carbocycles. The molecule has 1 atom stereocenters. The number of hydrogen-bond acceptors (Lipinski definition) is 4. The van der Waals surface area contributed by atoms with Crippen molar-refractivity contribution in [3.05, 3.63) is 44.8 Å². The van der Waals surface area contributed by atoms with Crippen molar-refractivity contribution in [2.75, 3.05) is 13.1 Å². The third-order valence-electron chi connectivity index (χ3n) is 5.64. The van der Waals surface area contributed by atoms with Gasteiger partial charge in [-0.05, 0) is 58.5 Å². The summed E-state index contributed by atoms with van der Waals surface area (Å²) in [5, 5.41) is 6.13. The molecule has 132 valence electrons. The number of piperidine rings is 1. The van der Waals surface area contributed by atoms with Crippen LogP contribution in [0.4, 0.5) is 0 Å². The number of likely N-dealkylation sites (tertiary alicyclic amines) is 1. The topological polar surface area (TPSA) is 40.6 Å². The van der Waals surface area contributed by atoms with Gasteiger partial charge in [-0.25, -0.2) is 0 Å². The summed E-state index contributed by atoms with van der Waals surface area (Å²) in [4.78, 5) is 29.5. The molecule has 1 spiro atoms. The van der Waals surface area contributed by atoms with Crippen LogP contribution < -0.4 is 0 Å². The van der Waals surface area contributed by atoms with Crippen molar-refractivity contribution in [3.8, 4) is 0 Å². The second kappa shape index (κ2) is 6.57. The van der Waals surface area contributed by atoms with E-state index < -0.39 is 0 Å². The number of carbonyl (C=O) groups excluding carboxylic acids is 2. The first-order valence-corrected chi connectivity index (χ1v) is 10.5. The molecule has 0 N–H and O–H groups in total. The molecule has 4 nitrogen and oxygen atoms in total. The number of carbonyl (C=O) groups is 2. The summed E-state index contributed by atoms with van der Waals surface area (Å²) < 4.78 is 0.